The van der Waals surface area contributed by atoms with E-state index in [1.54, 1.807) is 31.1 Å². The van der Waals surface area contributed by atoms with Crippen molar-refractivity contribution in [3.05, 3.63) is 52.0 Å². The Bertz CT molecular complexity index is 665. The van der Waals surface area contributed by atoms with E-state index in [4.69, 9.17) is 0 Å². The first-order valence-electron chi connectivity index (χ1n) is 6.16. The summed E-state index contributed by atoms with van der Waals surface area (Å²) in [4.78, 5) is 20.0. The van der Waals surface area contributed by atoms with Crippen LogP contribution in [0.5, 0.6) is 0 Å². The summed E-state index contributed by atoms with van der Waals surface area (Å²) in [6.07, 6.45) is 1.15. The number of nitrogens with one attached hydrogen (secondary N) is 1. The lowest BCUT2D eigenvalue weighted by atomic mass is 10.2. The number of nitrogens with zero attached hydrogens (tertiary/aromatic N) is 4. The number of hydrogen-bond donors (Lipinski definition) is 1. The summed E-state index contributed by atoms with van der Waals surface area (Å²) < 4.78 is 13.2. The van der Waals surface area contributed by atoms with Crippen LogP contribution in [0.2, 0.25) is 0 Å². The van der Waals surface area contributed by atoms with Crippen molar-refractivity contribution in [2.75, 3.05) is 24.3 Å². The molecule has 7 nitrogen and oxygen atoms in total. The van der Waals surface area contributed by atoms with Gasteiger partial charge in [0.25, 0.3) is 0 Å². The van der Waals surface area contributed by atoms with Crippen LogP contribution in [0.4, 0.5) is 21.8 Å². The molecule has 0 aliphatic heterocycles. The summed E-state index contributed by atoms with van der Waals surface area (Å²) in [7, 11) is 3.27. The fourth-order valence-corrected chi connectivity index (χ4v) is 1.88. The maximum Gasteiger partial charge on any atom is 0.329 e. The van der Waals surface area contributed by atoms with Crippen LogP contribution in [0.15, 0.2) is 30.5 Å². The molecule has 1 aromatic heterocycles. The Balaban J connectivity index is 2.33. The van der Waals surface area contributed by atoms with Gasteiger partial charge < -0.3 is 10.2 Å². The second kappa shape index (κ2) is 6.12. The van der Waals surface area contributed by atoms with Crippen LogP contribution < -0.4 is 10.2 Å². The lowest BCUT2D eigenvalue weighted by Gasteiger charge is -2.18. The van der Waals surface area contributed by atoms with Crippen molar-refractivity contribution >= 4 is 17.5 Å². The molecule has 0 atom stereocenters. The number of rotatable bonds is 5. The van der Waals surface area contributed by atoms with E-state index >= 15 is 0 Å². The maximum atomic E-state index is 13.2. The quantitative estimate of drug-likeness (QED) is 0.671. The predicted octanol–water partition coefficient (Wildman–Crippen LogP) is 2.20. The van der Waals surface area contributed by atoms with Gasteiger partial charge in [-0.1, -0.05) is 12.1 Å². The molecule has 0 bridgehead atoms. The molecular weight excluding hydrogens is 277 g/mol. The van der Waals surface area contributed by atoms with Gasteiger partial charge in [-0.2, -0.15) is 4.98 Å². The van der Waals surface area contributed by atoms with Crippen molar-refractivity contribution < 1.29 is 9.31 Å². The van der Waals surface area contributed by atoms with E-state index in [1.165, 1.54) is 12.1 Å². The van der Waals surface area contributed by atoms with E-state index in [-0.39, 0.29) is 23.3 Å². The zero-order valence-electron chi connectivity index (χ0n) is 11.6. The fourth-order valence-electron chi connectivity index (χ4n) is 1.88. The van der Waals surface area contributed by atoms with Crippen LogP contribution in [-0.2, 0) is 6.54 Å². The van der Waals surface area contributed by atoms with Gasteiger partial charge >= 0.3 is 5.69 Å². The summed E-state index contributed by atoms with van der Waals surface area (Å²) >= 11 is 0. The second-order valence-corrected chi connectivity index (χ2v) is 4.40. The average molecular weight is 291 g/mol. The molecule has 1 aromatic carbocycles. The third-order valence-electron chi connectivity index (χ3n) is 2.84. The van der Waals surface area contributed by atoms with Gasteiger partial charge in [-0.3, -0.25) is 10.1 Å². The van der Waals surface area contributed by atoms with Gasteiger partial charge in [-0.05, 0) is 17.7 Å². The average Bonchev–Trinajstić information content (AvgIpc) is 2.46. The first kappa shape index (κ1) is 14.6. The number of anilines is 2. The van der Waals surface area contributed by atoms with E-state index in [2.05, 4.69) is 15.3 Å². The van der Waals surface area contributed by atoms with Gasteiger partial charge in [-0.15, -0.1) is 0 Å². The molecule has 0 aliphatic rings. The van der Waals surface area contributed by atoms with Gasteiger partial charge in [0.2, 0.25) is 11.8 Å². The lowest BCUT2D eigenvalue weighted by Crippen LogP contribution is -2.20. The van der Waals surface area contributed by atoms with Crippen molar-refractivity contribution in [2.24, 2.45) is 0 Å². The Hall–Kier alpha value is -2.77. The Kier molecular flexibility index (Phi) is 4.27. The standard InChI is InChI=1S/C13H14FN5O2/c1-15-13-16-7-11(19(20)21)12(17-13)18(2)8-9-4-3-5-10(14)6-9/h3-7H,8H2,1-2H3,(H,15,16,17). The predicted molar refractivity (Wildman–Crippen MR) is 76.7 cm³/mol. The molecule has 0 fully saturated rings. The summed E-state index contributed by atoms with van der Waals surface area (Å²) in [5.74, 6) is 0.0966. The molecule has 0 saturated carbocycles. The van der Waals surface area contributed by atoms with Crippen LogP contribution in [-0.4, -0.2) is 29.0 Å². The van der Waals surface area contributed by atoms with E-state index in [1.807, 2.05) is 0 Å². The normalized spacial score (nSPS) is 10.2. The minimum atomic E-state index is -0.545. The van der Waals surface area contributed by atoms with Crippen molar-refractivity contribution in [1.29, 1.82) is 0 Å². The Morgan fingerprint density at radius 2 is 2.24 bits per heavy atom. The molecular formula is C13H14FN5O2. The fraction of sp³-hybridized carbons (Fsp3) is 0.231. The van der Waals surface area contributed by atoms with Gasteiger partial charge in [0, 0.05) is 20.6 Å². The van der Waals surface area contributed by atoms with Crippen LogP contribution in [0.25, 0.3) is 0 Å². The summed E-state index contributed by atoms with van der Waals surface area (Å²) in [6.45, 7) is 0.290. The second-order valence-electron chi connectivity index (χ2n) is 4.40. The molecule has 0 spiro atoms. The number of aromatic nitrogens is 2. The molecule has 0 amide bonds. The third-order valence-corrected chi connectivity index (χ3v) is 2.84. The van der Waals surface area contributed by atoms with Gasteiger partial charge in [-0.25, -0.2) is 9.37 Å². The van der Waals surface area contributed by atoms with Crippen molar-refractivity contribution in [2.45, 2.75) is 6.54 Å². The third kappa shape index (κ3) is 3.41. The Labute approximate surface area is 120 Å². The summed E-state index contributed by atoms with van der Waals surface area (Å²) in [5, 5.41) is 13.8. The zero-order chi connectivity index (χ0) is 15.4. The molecule has 0 radical (unpaired) electrons. The van der Waals surface area contributed by atoms with Crippen LogP contribution in [0.3, 0.4) is 0 Å². The van der Waals surface area contributed by atoms with Crippen molar-refractivity contribution in [1.82, 2.24) is 9.97 Å². The molecule has 2 rings (SSSR count). The highest BCUT2D eigenvalue weighted by atomic mass is 19.1. The zero-order valence-corrected chi connectivity index (χ0v) is 11.6. The van der Waals surface area contributed by atoms with E-state index in [9.17, 15) is 14.5 Å². The number of halogens is 1. The minimum Gasteiger partial charge on any atom is -0.357 e. The van der Waals surface area contributed by atoms with Crippen LogP contribution in [0, 0.1) is 15.9 Å². The van der Waals surface area contributed by atoms with E-state index < -0.39 is 4.92 Å². The van der Waals surface area contributed by atoms with Crippen molar-refractivity contribution in [3.8, 4) is 0 Å². The highest BCUT2D eigenvalue weighted by molar-refractivity contribution is 5.58. The smallest absolute Gasteiger partial charge is 0.329 e. The van der Waals surface area contributed by atoms with Crippen LogP contribution >= 0.6 is 0 Å². The highest BCUT2D eigenvalue weighted by Gasteiger charge is 2.20. The van der Waals surface area contributed by atoms with Gasteiger partial charge in [0.05, 0.1) is 4.92 Å². The van der Waals surface area contributed by atoms with Gasteiger partial charge in [0.1, 0.15) is 12.0 Å². The molecule has 0 saturated heterocycles. The SMILES string of the molecule is CNc1ncc([N+](=O)[O-])c(N(C)Cc2cccc(F)c2)n1. The molecule has 1 N–H and O–H groups in total. The largest absolute Gasteiger partial charge is 0.357 e. The molecule has 21 heavy (non-hydrogen) atoms. The van der Waals surface area contributed by atoms with E-state index in [0.29, 0.717) is 12.1 Å². The van der Waals surface area contributed by atoms with E-state index in [0.717, 1.165) is 6.20 Å². The summed E-state index contributed by atoms with van der Waals surface area (Å²) in [5.41, 5.74) is 0.490. The Morgan fingerprint density at radius 3 is 2.86 bits per heavy atom. The Morgan fingerprint density at radius 1 is 1.48 bits per heavy atom. The minimum absolute atomic E-state index is 0.170. The van der Waals surface area contributed by atoms with Gasteiger partial charge in [0.15, 0.2) is 0 Å². The first-order valence-corrected chi connectivity index (χ1v) is 6.16. The van der Waals surface area contributed by atoms with Crippen molar-refractivity contribution in [3.63, 3.8) is 0 Å². The maximum absolute atomic E-state index is 13.2. The molecule has 8 heteroatoms. The number of benzene rings is 1. The number of hydrogen-bond acceptors (Lipinski definition) is 6. The lowest BCUT2D eigenvalue weighted by molar-refractivity contribution is -0.384. The first-order chi connectivity index (χ1) is 10.0. The topological polar surface area (TPSA) is 84.2 Å². The van der Waals surface area contributed by atoms with Crippen LogP contribution in [0.1, 0.15) is 5.56 Å². The summed E-state index contributed by atoms with van der Waals surface area (Å²) in [6, 6.07) is 6.05. The molecule has 110 valence electrons. The monoisotopic (exact) mass is 291 g/mol. The molecule has 0 unspecified atom stereocenters. The molecule has 2 aromatic rings. The number of nitro groups is 1. The molecule has 0 aliphatic carbocycles. The molecule has 1 heterocycles. The highest BCUT2D eigenvalue weighted by Crippen LogP contribution is 2.26.